The van der Waals surface area contributed by atoms with Crippen molar-refractivity contribution in [2.45, 2.75) is 52.4 Å². The maximum atomic E-state index is 3.36. The minimum absolute atomic E-state index is 1.11. The van der Waals surface area contributed by atoms with Gasteiger partial charge < -0.3 is 10.6 Å². The van der Waals surface area contributed by atoms with Crippen LogP contribution in [0.5, 0.6) is 0 Å². The van der Waals surface area contributed by atoms with Gasteiger partial charge in [-0.25, -0.2) is 0 Å². The summed E-state index contributed by atoms with van der Waals surface area (Å²) < 4.78 is 0. The average molecular weight is 200 g/mol. The van der Waals surface area contributed by atoms with E-state index < -0.39 is 0 Å². The first-order chi connectivity index (χ1) is 6.91. The van der Waals surface area contributed by atoms with E-state index in [0.29, 0.717) is 0 Å². The Morgan fingerprint density at radius 1 is 0.571 bits per heavy atom. The molecule has 0 bridgehead atoms. The van der Waals surface area contributed by atoms with Gasteiger partial charge in [-0.15, -0.1) is 0 Å². The van der Waals surface area contributed by atoms with E-state index >= 15 is 0 Å². The second-order valence-corrected chi connectivity index (χ2v) is 3.83. The van der Waals surface area contributed by atoms with E-state index in [-0.39, 0.29) is 0 Å². The highest BCUT2D eigenvalue weighted by atomic mass is 14.8. The number of hydrogen-bond acceptors (Lipinski definition) is 2. The maximum absolute atomic E-state index is 3.36. The topological polar surface area (TPSA) is 24.1 Å². The van der Waals surface area contributed by atoms with E-state index in [9.17, 15) is 0 Å². The molecule has 0 aromatic rings. The normalized spacial score (nSPS) is 10.7. The monoisotopic (exact) mass is 200 g/mol. The number of nitrogens with one attached hydrogen (secondary N) is 2. The van der Waals surface area contributed by atoms with Crippen LogP contribution in [0.15, 0.2) is 0 Å². The molecular weight excluding hydrogens is 172 g/mol. The van der Waals surface area contributed by atoms with Crippen LogP contribution in [0, 0.1) is 0 Å². The molecule has 0 fully saturated rings. The minimum atomic E-state index is 1.11. The molecule has 0 spiro atoms. The van der Waals surface area contributed by atoms with Gasteiger partial charge >= 0.3 is 0 Å². The molecule has 0 saturated heterocycles. The quantitative estimate of drug-likeness (QED) is 0.501. The van der Waals surface area contributed by atoms with E-state index in [1.807, 2.05) is 0 Å². The summed E-state index contributed by atoms with van der Waals surface area (Å²) in [5, 5.41) is 6.71. The Hall–Kier alpha value is -0.0800. The molecule has 14 heavy (non-hydrogen) atoms. The van der Waals surface area contributed by atoms with Crippen molar-refractivity contribution >= 4 is 0 Å². The fourth-order valence-corrected chi connectivity index (χ4v) is 1.56. The molecule has 0 heterocycles. The smallest absolute Gasteiger partial charge is 0.00490 e. The third-order valence-electron chi connectivity index (χ3n) is 2.46. The van der Waals surface area contributed by atoms with Crippen molar-refractivity contribution in [3.05, 3.63) is 0 Å². The molecule has 0 aliphatic carbocycles. The van der Waals surface area contributed by atoms with Crippen LogP contribution in [0.3, 0.4) is 0 Å². The molecule has 0 rings (SSSR count). The summed E-state index contributed by atoms with van der Waals surface area (Å²) in [5.74, 6) is 0. The van der Waals surface area contributed by atoms with Crippen LogP contribution < -0.4 is 10.6 Å². The number of unbranched alkanes of at least 4 members (excludes halogenated alkanes) is 5. The first-order valence-corrected chi connectivity index (χ1v) is 6.33. The molecule has 0 aromatic carbocycles. The van der Waals surface area contributed by atoms with Crippen LogP contribution in [-0.4, -0.2) is 26.2 Å². The van der Waals surface area contributed by atoms with Crippen molar-refractivity contribution in [3.63, 3.8) is 0 Å². The first kappa shape index (κ1) is 13.9. The molecule has 2 nitrogen and oxygen atoms in total. The van der Waals surface area contributed by atoms with Gasteiger partial charge in [-0.3, -0.25) is 0 Å². The molecule has 86 valence electrons. The SMILES string of the molecule is CCNCCCCCCCCNCC. The number of rotatable bonds is 11. The predicted molar refractivity (Wildman–Crippen MR) is 64.8 cm³/mol. The molecule has 0 aliphatic rings. The van der Waals surface area contributed by atoms with Gasteiger partial charge in [0.2, 0.25) is 0 Å². The second kappa shape index (κ2) is 12.9. The Labute approximate surface area is 89.9 Å². The maximum Gasteiger partial charge on any atom is -0.00490 e. The summed E-state index contributed by atoms with van der Waals surface area (Å²) >= 11 is 0. The summed E-state index contributed by atoms with van der Waals surface area (Å²) in [6.45, 7) is 8.97. The Kier molecular flexibility index (Phi) is 12.8. The van der Waals surface area contributed by atoms with Gasteiger partial charge in [0.1, 0.15) is 0 Å². The lowest BCUT2D eigenvalue weighted by molar-refractivity contribution is 0.558. The second-order valence-electron chi connectivity index (χ2n) is 3.83. The standard InChI is InChI=1S/C12H28N2/c1-3-13-11-9-7-5-6-8-10-12-14-4-2/h13-14H,3-12H2,1-2H3. The summed E-state index contributed by atoms with van der Waals surface area (Å²) in [4.78, 5) is 0. The fourth-order valence-electron chi connectivity index (χ4n) is 1.56. The molecule has 0 saturated carbocycles. The van der Waals surface area contributed by atoms with Gasteiger partial charge in [-0.1, -0.05) is 39.5 Å². The largest absolute Gasteiger partial charge is 0.317 e. The van der Waals surface area contributed by atoms with E-state index in [1.54, 1.807) is 0 Å². The molecule has 0 unspecified atom stereocenters. The lowest BCUT2D eigenvalue weighted by atomic mass is 10.1. The van der Waals surface area contributed by atoms with Crippen LogP contribution in [0.4, 0.5) is 0 Å². The van der Waals surface area contributed by atoms with Crippen molar-refractivity contribution in [2.24, 2.45) is 0 Å². The van der Waals surface area contributed by atoms with E-state index in [2.05, 4.69) is 24.5 Å². The van der Waals surface area contributed by atoms with Gasteiger partial charge in [-0.2, -0.15) is 0 Å². The summed E-state index contributed by atoms with van der Waals surface area (Å²) in [6, 6.07) is 0. The third kappa shape index (κ3) is 11.9. The zero-order valence-corrected chi connectivity index (χ0v) is 10.1. The summed E-state index contributed by atoms with van der Waals surface area (Å²) in [7, 11) is 0. The predicted octanol–water partition coefficient (Wildman–Crippen LogP) is 2.55. The highest BCUT2D eigenvalue weighted by Crippen LogP contribution is 2.04. The number of hydrogen-bond donors (Lipinski definition) is 2. The van der Waals surface area contributed by atoms with Crippen molar-refractivity contribution in [3.8, 4) is 0 Å². The zero-order valence-electron chi connectivity index (χ0n) is 10.1. The van der Waals surface area contributed by atoms with Crippen LogP contribution in [0.2, 0.25) is 0 Å². The van der Waals surface area contributed by atoms with E-state index in [0.717, 1.165) is 13.1 Å². The molecule has 0 aromatic heterocycles. The van der Waals surface area contributed by atoms with E-state index in [1.165, 1.54) is 51.6 Å². The molecular formula is C12H28N2. The van der Waals surface area contributed by atoms with Crippen LogP contribution in [0.1, 0.15) is 52.4 Å². The van der Waals surface area contributed by atoms with Gasteiger partial charge in [0.05, 0.1) is 0 Å². The Morgan fingerprint density at radius 3 is 1.29 bits per heavy atom. The third-order valence-corrected chi connectivity index (χ3v) is 2.46. The highest BCUT2D eigenvalue weighted by molar-refractivity contribution is 4.49. The van der Waals surface area contributed by atoms with Gasteiger partial charge in [-0.05, 0) is 39.0 Å². The van der Waals surface area contributed by atoms with Crippen LogP contribution >= 0.6 is 0 Å². The Balaban J connectivity index is 2.78. The molecule has 0 radical (unpaired) electrons. The highest BCUT2D eigenvalue weighted by Gasteiger charge is 1.90. The van der Waals surface area contributed by atoms with Gasteiger partial charge in [0, 0.05) is 0 Å². The van der Waals surface area contributed by atoms with Gasteiger partial charge in [0.25, 0.3) is 0 Å². The Morgan fingerprint density at radius 2 is 0.929 bits per heavy atom. The van der Waals surface area contributed by atoms with E-state index in [4.69, 9.17) is 0 Å². The van der Waals surface area contributed by atoms with Gasteiger partial charge in [0.15, 0.2) is 0 Å². The zero-order chi connectivity index (χ0) is 10.5. The summed E-state index contributed by atoms with van der Waals surface area (Å²) in [6.07, 6.45) is 8.32. The average Bonchev–Trinajstić information content (AvgIpc) is 2.21. The Bertz CT molecular complexity index is 82.3. The van der Waals surface area contributed by atoms with Crippen LogP contribution in [0.25, 0.3) is 0 Å². The van der Waals surface area contributed by atoms with Crippen molar-refractivity contribution < 1.29 is 0 Å². The summed E-state index contributed by atoms with van der Waals surface area (Å²) in [5.41, 5.74) is 0. The first-order valence-electron chi connectivity index (χ1n) is 6.33. The lowest BCUT2D eigenvalue weighted by Crippen LogP contribution is -2.14. The van der Waals surface area contributed by atoms with Crippen molar-refractivity contribution in [1.82, 2.24) is 10.6 Å². The van der Waals surface area contributed by atoms with Crippen molar-refractivity contribution in [1.29, 1.82) is 0 Å². The molecule has 2 heteroatoms. The van der Waals surface area contributed by atoms with Crippen molar-refractivity contribution in [2.75, 3.05) is 26.2 Å². The lowest BCUT2D eigenvalue weighted by Gasteiger charge is -2.03. The fraction of sp³-hybridized carbons (Fsp3) is 1.00. The van der Waals surface area contributed by atoms with Crippen LogP contribution in [-0.2, 0) is 0 Å². The molecule has 0 aliphatic heterocycles. The minimum Gasteiger partial charge on any atom is -0.317 e. The molecule has 2 N–H and O–H groups in total. The molecule has 0 atom stereocenters. The molecule has 0 amide bonds.